The molecular weight excluding hydrogens is 484 g/mol. The van der Waals surface area contributed by atoms with Crippen LogP contribution in [0.2, 0.25) is 0 Å². The summed E-state index contributed by atoms with van der Waals surface area (Å²) in [5.74, 6) is 3.21. The molecule has 4 aliphatic rings. The first-order valence-corrected chi connectivity index (χ1v) is 13.3. The molecule has 0 aromatic heterocycles. The number of fused-ring (bicyclic) bond motifs is 3. The van der Waals surface area contributed by atoms with E-state index in [1.807, 2.05) is 0 Å². The Morgan fingerprint density at radius 2 is 1.82 bits per heavy atom. The van der Waals surface area contributed by atoms with Crippen molar-refractivity contribution in [2.45, 2.75) is 69.9 Å². The summed E-state index contributed by atoms with van der Waals surface area (Å²) in [6.45, 7) is 2.17. The zero-order valence-corrected chi connectivity index (χ0v) is 22.2. The van der Waals surface area contributed by atoms with Crippen molar-refractivity contribution in [2.75, 3.05) is 14.1 Å². The second-order valence-corrected chi connectivity index (χ2v) is 11.9. The number of nitrogens with zero attached hydrogens (tertiary/aromatic N) is 1. The molecule has 8 heteroatoms. The summed E-state index contributed by atoms with van der Waals surface area (Å²) in [4.78, 5) is 27.7. The van der Waals surface area contributed by atoms with Gasteiger partial charge in [0.2, 0.25) is 5.91 Å². The van der Waals surface area contributed by atoms with Gasteiger partial charge < -0.3 is 26.2 Å². The molecule has 202 valence electrons. The van der Waals surface area contributed by atoms with E-state index < -0.39 is 41.6 Å². The number of aliphatic hydroxyl groups excluding tert-OH is 2. The number of benzene rings is 1. The van der Waals surface area contributed by atoms with Gasteiger partial charge in [0, 0.05) is 28.9 Å². The third-order valence-electron chi connectivity index (χ3n) is 9.16. The topological polar surface area (TPSA) is 144 Å². The van der Waals surface area contributed by atoms with Gasteiger partial charge in [0.25, 0.3) is 0 Å². The van der Waals surface area contributed by atoms with Crippen molar-refractivity contribution in [1.29, 1.82) is 0 Å². The summed E-state index contributed by atoms with van der Waals surface area (Å²) in [6.07, 6.45) is 5.75. The number of nitrogens with two attached hydrogens (primary N) is 1. The minimum absolute atomic E-state index is 0.0404. The number of hydrogen-bond acceptors (Lipinski definition) is 7. The van der Waals surface area contributed by atoms with Gasteiger partial charge in [-0.3, -0.25) is 14.5 Å². The maximum absolute atomic E-state index is 13.9. The Hall–Kier alpha value is -3.28. The van der Waals surface area contributed by atoms with E-state index in [2.05, 4.69) is 18.8 Å². The Balaban J connectivity index is 1.61. The molecule has 2 saturated carbocycles. The second kappa shape index (κ2) is 9.18. The predicted molar refractivity (Wildman–Crippen MR) is 142 cm³/mol. The zero-order valence-electron chi connectivity index (χ0n) is 22.2. The van der Waals surface area contributed by atoms with E-state index in [0.717, 1.165) is 25.7 Å². The number of likely N-dealkylation sites (N-methyl/N-ethyl adjacent to an activating group) is 1. The number of ketones is 1. The van der Waals surface area contributed by atoms with E-state index >= 15 is 0 Å². The predicted octanol–water partition coefficient (Wildman–Crippen LogP) is 3.11. The molecule has 38 heavy (non-hydrogen) atoms. The summed E-state index contributed by atoms with van der Waals surface area (Å²) < 4.78 is 0. The molecule has 0 heterocycles. The number of primary amides is 1. The lowest BCUT2D eigenvalue weighted by Crippen LogP contribution is -2.62. The first kappa shape index (κ1) is 26.3. The van der Waals surface area contributed by atoms with E-state index in [4.69, 9.17) is 5.73 Å². The van der Waals surface area contributed by atoms with Crippen molar-refractivity contribution in [2.24, 2.45) is 23.0 Å². The van der Waals surface area contributed by atoms with Crippen LogP contribution in [0.1, 0.15) is 68.6 Å². The number of amides is 1. The fraction of sp³-hybridized carbons (Fsp3) is 0.533. The maximum atomic E-state index is 13.9. The van der Waals surface area contributed by atoms with Gasteiger partial charge in [0.1, 0.15) is 22.9 Å². The molecule has 0 saturated heterocycles. The monoisotopic (exact) mass is 520 g/mol. The average Bonchev–Trinajstić information content (AvgIpc) is 2.85. The smallest absolute Gasteiger partial charge is 0.248 e. The van der Waals surface area contributed by atoms with Crippen LogP contribution in [0.4, 0.5) is 0 Å². The maximum Gasteiger partial charge on any atom is 0.248 e. The second-order valence-electron chi connectivity index (χ2n) is 11.9. The van der Waals surface area contributed by atoms with Crippen molar-refractivity contribution in [3.8, 4) is 17.6 Å². The van der Waals surface area contributed by atoms with Gasteiger partial charge >= 0.3 is 0 Å². The van der Waals surface area contributed by atoms with Crippen molar-refractivity contribution in [1.82, 2.24) is 4.90 Å². The third kappa shape index (κ3) is 4.00. The Morgan fingerprint density at radius 1 is 1.13 bits per heavy atom. The number of aliphatic hydroxyl groups is 3. The zero-order chi connectivity index (χ0) is 27.6. The Bertz CT molecular complexity index is 1340. The molecule has 6 N–H and O–H groups in total. The van der Waals surface area contributed by atoms with Crippen molar-refractivity contribution in [3.05, 3.63) is 45.7 Å². The van der Waals surface area contributed by atoms with Gasteiger partial charge in [-0.1, -0.05) is 31.1 Å². The molecule has 4 unspecified atom stereocenters. The summed E-state index contributed by atoms with van der Waals surface area (Å²) in [5.41, 5.74) is 4.77. The fourth-order valence-electron chi connectivity index (χ4n) is 7.13. The van der Waals surface area contributed by atoms with Crippen LogP contribution < -0.4 is 5.73 Å². The minimum atomic E-state index is -2.04. The Labute approximate surface area is 222 Å². The number of carbonyl (C=O) groups is 2. The minimum Gasteiger partial charge on any atom is -0.510 e. The van der Waals surface area contributed by atoms with Crippen LogP contribution in [0.15, 0.2) is 29.0 Å². The Morgan fingerprint density at radius 3 is 2.45 bits per heavy atom. The molecule has 0 spiro atoms. The van der Waals surface area contributed by atoms with Crippen LogP contribution in [-0.2, 0) is 16.0 Å². The van der Waals surface area contributed by atoms with Crippen molar-refractivity contribution in [3.63, 3.8) is 0 Å². The van der Waals surface area contributed by atoms with Crippen LogP contribution in [0.25, 0.3) is 5.76 Å². The van der Waals surface area contributed by atoms with Crippen molar-refractivity contribution < 1.29 is 30.0 Å². The normalized spacial score (nSPS) is 30.2. The number of rotatable bonds is 2. The number of aromatic hydroxyl groups is 1. The van der Waals surface area contributed by atoms with E-state index in [1.54, 1.807) is 25.1 Å². The lowest BCUT2D eigenvalue weighted by atomic mass is 9.57. The number of Topliss-reactive ketones (excluding diaryl/α,β-unsaturated/α-hetero) is 1. The number of hydrogen-bond donors (Lipinski definition) is 5. The highest BCUT2D eigenvalue weighted by Gasteiger charge is 2.60. The van der Waals surface area contributed by atoms with E-state index in [1.165, 1.54) is 12.5 Å². The van der Waals surface area contributed by atoms with Crippen LogP contribution in [0.3, 0.4) is 0 Å². The summed E-state index contributed by atoms with van der Waals surface area (Å²) >= 11 is 0. The largest absolute Gasteiger partial charge is 0.510 e. The average molecular weight is 521 g/mol. The van der Waals surface area contributed by atoms with Crippen LogP contribution >= 0.6 is 0 Å². The first-order valence-electron chi connectivity index (χ1n) is 13.3. The number of carbonyl (C=O) groups excluding carboxylic acids is 2. The van der Waals surface area contributed by atoms with Gasteiger partial charge in [-0.05, 0) is 70.3 Å². The molecular formula is C30H36N2O6. The van der Waals surface area contributed by atoms with E-state index in [0.29, 0.717) is 17.5 Å². The third-order valence-corrected chi connectivity index (χ3v) is 9.16. The highest BCUT2D eigenvalue weighted by molar-refractivity contribution is 6.10. The highest BCUT2D eigenvalue weighted by atomic mass is 16.3. The standard InChI is InChI=1S/C30H36N2O6/c1-29(10-5-4-6-11-29)12-9-16-7-8-21(33)23-18(16)13-17-14-20-24(32(2)3)25(34)19(28(31)37)15-30(20,38)27(36)22(17)26(23)35/h7-8,17,20,24,33-35,38H,4-6,10-11,13-15H2,1-3H3,(H2,31,37). The molecule has 0 aliphatic heterocycles. The Kier molecular flexibility index (Phi) is 6.36. The van der Waals surface area contributed by atoms with Crippen molar-refractivity contribution >= 4 is 17.4 Å². The summed E-state index contributed by atoms with van der Waals surface area (Å²) in [5, 5.41) is 44.8. The number of phenolic OH excluding ortho intramolecular Hbond substituents is 1. The molecule has 5 rings (SSSR count). The summed E-state index contributed by atoms with van der Waals surface area (Å²) in [7, 11) is 3.40. The molecule has 1 amide bonds. The molecule has 0 bridgehead atoms. The van der Waals surface area contributed by atoms with E-state index in [-0.39, 0.29) is 45.8 Å². The van der Waals surface area contributed by atoms with Gasteiger partial charge in [-0.15, -0.1) is 0 Å². The van der Waals surface area contributed by atoms with Gasteiger partial charge in [-0.25, -0.2) is 0 Å². The molecule has 8 nitrogen and oxygen atoms in total. The summed E-state index contributed by atoms with van der Waals surface area (Å²) in [6, 6.07) is 2.42. The molecule has 2 fully saturated rings. The van der Waals surface area contributed by atoms with Gasteiger partial charge in [0.05, 0.1) is 17.2 Å². The number of phenols is 1. The van der Waals surface area contributed by atoms with Crippen LogP contribution in [-0.4, -0.2) is 62.8 Å². The molecule has 1 aromatic carbocycles. The van der Waals surface area contributed by atoms with Crippen LogP contribution in [0.5, 0.6) is 5.75 Å². The lowest BCUT2D eigenvalue weighted by molar-refractivity contribution is -0.151. The fourth-order valence-corrected chi connectivity index (χ4v) is 7.13. The SMILES string of the molecule is CN(C)C1C(O)=C(C(N)=O)CC2(O)C(=O)C3=C(O)c4c(O)ccc(C#CC5(C)CCCCC5)c4CC3CC12. The molecule has 4 atom stereocenters. The van der Waals surface area contributed by atoms with Gasteiger partial charge in [0.15, 0.2) is 5.78 Å². The molecule has 1 aromatic rings. The lowest BCUT2D eigenvalue weighted by Gasteiger charge is -2.51. The molecule has 0 radical (unpaired) electrons. The quantitative estimate of drug-likeness (QED) is 0.377. The first-order chi connectivity index (χ1) is 17.9. The van der Waals surface area contributed by atoms with E-state index in [9.17, 15) is 30.0 Å². The van der Waals surface area contributed by atoms with Gasteiger partial charge in [-0.2, -0.15) is 0 Å². The molecule has 4 aliphatic carbocycles. The van der Waals surface area contributed by atoms with Crippen LogP contribution in [0, 0.1) is 29.1 Å². The highest BCUT2D eigenvalue weighted by Crippen LogP contribution is 2.53.